The van der Waals surface area contributed by atoms with Crippen LogP contribution in [0.25, 0.3) is 0 Å². The largest absolute Gasteiger partial charge is 0.146 e. The lowest BCUT2D eigenvalue weighted by molar-refractivity contribution is 1.52. The Morgan fingerprint density at radius 2 is 1.25 bits per heavy atom. The molecule has 0 atom stereocenters. The van der Waals surface area contributed by atoms with E-state index in [1.54, 1.807) is 0 Å². The second kappa shape index (κ2) is 6.86. The average molecular weight is 296 g/mol. The molecule has 2 aromatic carbocycles. The van der Waals surface area contributed by atoms with Crippen molar-refractivity contribution < 1.29 is 0 Å². The van der Waals surface area contributed by atoms with Crippen LogP contribution in [0.2, 0.25) is 25.7 Å². The minimum atomic E-state index is -0.996. The molecule has 0 saturated heterocycles. The fourth-order valence-electron chi connectivity index (χ4n) is 2.12. The SMILES string of the molecule is C[Si](C)(C)C/C=C/[Si](c1ccccc1)c1ccccc1. The number of rotatable bonds is 5. The molecule has 20 heavy (non-hydrogen) atoms. The Hall–Kier alpha value is -1.39. The van der Waals surface area contributed by atoms with Crippen molar-refractivity contribution in [2.45, 2.75) is 25.7 Å². The van der Waals surface area contributed by atoms with Gasteiger partial charge in [0.15, 0.2) is 0 Å². The van der Waals surface area contributed by atoms with Crippen LogP contribution >= 0.6 is 0 Å². The highest BCUT2D eigenvalue weighted by atomic mass is 28.3. The first-order valence-corrected chi connectivity index (χ1v) is 12.5. The van der Waals surface area contributed by atoms with Gasteiger partial charge in [0, 0.05) is 8.07 Å². The van der Waals surface area contributed by atoms with Gasteiger partial charge in [-0.15, -0.1) is 0 Å². The molecule has 0 aliphatic carbocycles. The highest BCUT2D eigenvalue weighted by Crippen LogP contribution is 2.08. The van der Waals surface area contributed by atoms with Gasteiger partial charge in [-0.2, -0.15) is 0 Å². The van der Waals surface area contributed by atoms with Crippen LogP contribution in [0.1, 0.15) is 0 Å². The summed E-state index contributed by atoms with van der Waals surface area (Å²) in [5, 5.41) is 2.94. The lowest BCUT2D eigenvalue weighted by Gasteiger charge is -2.14. The van der Waals surface area contributed by atoms with Crippen LogP contribution in [0, 0.1) is 0 Å². The zero-order chi connectivity index (χ0) is 14.4. The normalized spacial score (nSPS) is 12.2. The van der Waals surface area contributed by atoms with Gasteiger partial charge in [0.2, 0.25) is 0 Å². The number of hydrogen-bond donors (Lipinski definition) is 0. The molecular weight excluding hydrogens is 272 g/mol. The quantitative estimate of drug-likeness (QED) is 0.737. The third-order valence-electron chi connectivity index (χ3n) is 3.18. The Bertz CT molecular complexity index is 499. The van der Waals surface area contributed by atoms with E-state index in [9.17, 15) is 0 Å². The summed E-state index contributed by atoms with van der Waals surface area (Å²) in [5.41, 5.74) is 2.48. The van der Waals surface area contributed by atoms with E-state index >= 15 is 0 Å². The summed E-state index contributed by atoms with van der Waals surface area (Å²) in [6.45, 7) is 7.28. The average Bonchev–Trinajstić information content (AvgIpc) is 2.44. The lowest BCUT2D eigenvalue weighted by atomic mass is 10.4. The van der Waals surface area contributed by atoms with Gasteiger partial charge in [-0.3, -0.25) is 0 Å². The maximum Gasteiger partial charge on any atom is 0.146 e. The van der Waals surface area contributed by atoms with Crippen molar-refractivity contribution in [1.29, 1.82) is 0 Å². The van der Waals surface area contributed by atoms with E-state index in [4.69, 9.17) is 0 Å². The van der Waals surface area contributed by atoms with Crippen molar-refractivity contribution in [3.8, 4) is 0 Å². The zero-order valence-electron chi connectivity index (χ0n) is 12.6. The summed E-state index contributed by atoms with van der Waals surface area (Å²) in [5.74, 6) is 0. The highest BCUT2D eigenvalue weighted by Gasteiger charge is 2.14. The predicted octanol–water partition coefficient (Wildman–Crippen LogP) is 3.73. The topological polar surface area (TPSA) is 0 Å². The summed E-state index contributed by atoms with van der Waals surface area (Å²) < 4.78 is 0. The molecule has 2 heteroatoms. The first-order valence-electron chi connectivity index (χ1n) is 7.21. The maximum atomic E-state index is 2.48. The summed E-state index contributed by atoms with van der Waals surface area (Å²) in [4.78, 5) is 0. The van der Waals surface area contributed by atoms with Gasteiger partial charge >= 0.3 is 0 Å². The van der Waals surface area contributed by atoms with Crippen LogP contribution in [0.4, 0.5) is 0 Å². The molecule has 0 nitrogen and oxygen atoms in total. The first kappa shape index (κ1) is 15.0. The van der Waals surface area contributed by atoms with Crippen molar-refractivity contribution in [3.63, 3.8) is 0 Å². The van der Waals surface area contributed by atoms with Crippen LogP contribution < -0.4 is 10.4 Å². The van der Waals surface area contributed by atoms with E-state index in [2.05, 4.69) is 92.1 Å². The van der Waals surface area contributed by atoms with Crippen molar-refractivity contribution in [1.82, 2.24) is 0 Å². The molecule has 0 N–H and O–H groups in total. The molecule has 0 bridgehead atoms. The Labute approximate surface area is 125 Å². The molecule has 1 radical (unpaired) electrons. The van der Waals surface area contributed by atoms with E-state index in [1.165, 1.54) is 16.4 Å². The second-order valence-electron chi connectivity index (χ2n) is 6.31. The summed E-state index contributed by atoms with van der Waals surface area (Å²) >= 11 is 0. The van der Waals surface area contributed by atoms with Crippen LogP contribution in [0.15, 0.2) is 72.4 Å². The van der Waals surface area contributed by atoms with Crippen LogP contribution in [-0.4, -0.2) is 16.9 Å². The smallest absolute Gasteiger partial charge is 0.0946 e. The van der Waals surface area contributed by atoms with Crippen LogP contribution in [0.3, 0.4) is 0 Å². The Kier molecular flexibility index (Phi) is 5.15. The molecular formula is C18H23Si2. The lowest BCUT2D eigenvalue weighted by Crippen LogP contribution is -2.40. The number of hydrogen-bond acceptors (Lipinski definition) is 0. The summed E-state index contributed by atoms with van der Waals surface area (Å²) in [7, 11) is -1.78. The molecule has 0 amide bonds. The third kappa shape index (κ3) is 4.62. The Morgan fingerprint density at radius 1 is 0.800 bits per heavy atom. The molecule has 2 rings (SSSR count). The fraction of sp³-hybridized carbons (Fsp3) is 0.222. The van der Waals surface area contributed by atoms with Crippen molar-refractivity contribution in [2.75, 3.05) is 0 Å². The minimum absolute atomic E-state index is 0.780. The van der Waals surface area contributed by atoms with Gasteiger partial charge in [-0.1, -0.05) is 102 Å². The zero-order valence-corrected chi connectivity index (χ0v) is 14.6. The van der Waals surface area contributed by atoms with E-state index in [0.29, 0.717) is 0 Å². The molecule has 0 unspecified atom stereocenters. The van der Waals surface area contributed by atoms with Gasteiger partial charge in [-0.25, -0.2) is 0 Å². The van der Waals surface area contributed by atoms with E-state index < -0.39 is 16.9 Å². The third-order valence-corrected chi connectivity index (χ3v) is 7.12. The van der Waals surface area contributed by atoms with Gasteiger partial charge in [0.05, 0.1) is 0 Å². The number of allylic oxidation sites excluding steroid dienone is 1. The van der Waals surface area contributed by atoms with Gasteiger partial charge in [-0.05, 0) is 6.04 Å². The van der Waals surface area contributed by atoms with E-state index in [1.807, 2.05) is 0 Å². The van der Waals surface area contributed by atoms with Gasteiger partial charge in [0.1, 0.15) is 8.80 Å². The Balaban J connectivity index is 2.26. The molecule has 0 aliphatic heterocycles. The molecule has 0 fully saturated rings. The van der Waals surface area contributed by atoms with E-state index in [0.717, 1.165) is 0 Å². The molecule has 0 aromatic heterocycles. The van der Waals surface area contributed by atoms with Crippen LogP contribution in [0.5, 0.6) is 0 Å². The predicted molar refractivity (Wildman–Crippen MR) is 95.2 cm³/mol. The van der Waals surface area contributed by atoms with Crippen molar-refractivity contribution >= 4 is 27.2 Å². The second-order valence-corrected chi connectivity index (χ2v) is 14.2. The summed E-state index contributed by atoms with van der Waals surface area (Å²) in [6.07, 6.45) is 2.43. The van der Waals surface area contributed by atoms with Gasteiger partial charge < -0.3 is 0 Å². The number of benzene rings is 2. The van der Waals surface area contributed by atoms with Crippen molar-refractivity contribution in [3.05, 3.63) is 72.4 Å². The maximum absolute atomic E-state index is 2.48. The van der Waals surface area contributed by atoms with Crippen LogP contribution in [-0.2, 0) is 0 Å². The monoisotopic (exact) mass is 295 g/mol. The molecule has 0 saturated carbocycles. The minimum Gasteiger partial charge on any atom is -0.0946 e. The van der Waals surface area contributed by atoms with Crippen molar-refractivity contribution in [2.24, 2.45) is 0 Å². The van der Waals surface area contributed by atoms with Gasteiger partial charge in [0.25, 0.3) is 0 Å². The molecule has 2 aromatic rings. The van der Waals surface area contributed by atoms with E-state index in [-0.39, 0.29) is 0 Å². The fourth-order valence-corrected chi connectivity index (χ4v) is 5.36. The molecule has 0 aliphatic rings. The molecule has 0 spiro atoms. The Morgan fingerprint density at radius 3 is 1.65 bits per heavy atom. The first-order chi connectivity index (χ1) is 9.56. The summed E-state index contributed by atoms with van der Waals surface area (Å²) in [6, 6.07) is 23.1. The molecule has 103 valence electrons. The standard InChI is InChI=1S/C18H23Si2/c1-20(2,3)16-10-15-19(17-11-6-4-7-12-17)18-13-8-5-9-14-18/h4-15H,16H2,1-3H3/b15-10+. The molecule has 0 heterocycles. The highest BCUT2D eigenvalue weighted by molar-refractivity contribution is 6.89.